The predicted octanol–water partition coefficient (Wildman–Crippen LogP) is 4.55. The lowest BCUT2D eigenvalue weighted by Crippen LogP contribution is -2.22. The van der Waals surface area contributed by atoms with Crippen LogP contribution in [0.25, 0.3) is 11.5 Å². The SMILES string of the molecule is Cc1ccc(-c2nc(CN(C)[C@H](C)c3ccc(S(C)(=O)=O)cc3)co2)c(C)c1. The van der Waals surface area contributed by atoms with Crippen molar-refractivity contribution in [3.63, 3.8) is 0 Å². The van der Waals surface area contributed by atoms with E-state index in [0.29, 0.717) is 17.3 Å². The van der Waals surface area contributed by atoms with Crippen LogP contribution in [0.3, 0.4) is 0 Å². The lowest BCUT2D eigenvalue weighted by atomic mass is 10.1. The molecule has 5 nitrogen and oxygen atoms in total. The zero-order chi connectivity index (χ0) is 20.5. The number of aromatic nitrogens is 1. The highest BCUT2D eigenvalue weighted by molar-refractivity contribution is 7.90. The van der Waals surface area contributed by atoms with E-state index in [0.717, 1.165) is 22.4 Å². The Morgan fingerprint density at radius 2 is 1.79 bits per heavy atom. The summed E-state index contributed by atoms with van der Waals surface area (Å²) in [6, 6.07) is 13.4. The van der Waals surface area contributed by atoms with Gasteiger partial charge in [-0.15, -0.1) is 0 Å². The number of hydrogen-bond acceptors (Lipinski definition) is 5. The van der Waals surface area contributed by atoms with Crippen LogP contribution in [0.5, 0.6) is 0 Å². The largest absolute Gasteiger partial charge is 0.444 e. The second-order valence-electron chi connectivity index (χ2n) is 7.39. The van der Waals surface area contributed by atoms with Crippen molar-refractivity contribution in [1.29, 1.82) is 0 Å². The lowest BCUT2D eigenvalue weighted by molar-refractivity contribution is 0.250. The molecule has 1 atom stereocenters. The van der Waals surface area contributed by atoms with E-state index in [-0.39, 0.29) is 6.04 Å². The minimum atomic E-state index is -3.18. The highest BCUT2D eigenvalue weighted by Crippen LogP contribution is 2.26. The van der Waals surface area contributed by atoms with Gasteiger partial charge in [0.1, 0.15) is 6.26 Å². The van der Waals surface area contributed by atoms with Gasteiger partial charge >= 0.3 is 0 Å². The monoisotopic (exact) mass is 398 g/mol. The zero-order valence-electron chi connectivity index (χ0n) is 16.9. The average Bonchev–Trinajstić information content (AvgIpc) is 3.08. The molecule has 0 spiro atoms. The number of nitrogens with zero attached hydrogens (tertiary/aromatic N) is 2. The third-order valence-electron chi connectivity index (χ3n) is 5.03. The Hall–Kier alpha value is -2.44. The van der Waals surface area contributed by atoms with Crippen molar-refractivity contribution in [2.24, 2.45) is 0 Å². The van der Waals surface area contributed by atoms with E-state index in [4.69, 9.17) is 4.42 Å². The fourth-order valence-electron chi connectivity index (χ4n) is 3.20. The van der Waals surface area contributed by atoms with E-state index in [2.05, 4.69) is 42.8 Å². The Labute approximate surface area is 166 Å². The summed E-state index contributed by atoms with van der Waals surface area (Å²) in [6.07, 6.45) is 2.92. The molecule has 0 bridgehead atoms. The van der Waals surface area contributed by atoms with E-state index in [9.17, 15) is 8.42 Å². The maximum absolute atomic E-state index is 11.6. The minimum Gasteiger partial charge on any atom is -0.444 e. The molecule has 0 aliphatic heterocycles. The molecule has 3 rings (SSSR count). The summed E-state index contributed by atoms with van der Waals surface area (Å²) in [5, 5.41) is 0. The van der Waals surface area contributed by atoms with E-state index in [1.54, 1.807) is 18.4 Å². The third-order valence-corrected chi connectivity index (χ3v) is 6.16. The van der Waals surface area contributed by atoms with Crippen LogP contribution < -0.4 is 0 Å². The third kappa shape index (κ3) is 4.51. The number of oxazole rings is 1. The summed E-state index contributed by atoms with van der Waals surface area (Å²) in [5.74, 6) is 0.631. The first-order valence-corrected chi connectivity index (χ1v) is 11.1. The molecule has 1 aromatic heterocycles. The number of rotatable bonds is 6. The van der Waals surface area contributed by atoms with Gasteiger partial charge in [0, 0.05) is 24.4 Å². The van der Waals surface area contributed by atoms with Crippen LogP contribution in [0, 0.1) is 13.8 Å². The Morgan fingerprint density at radius 3 is 2.39 bits per heavy atom. The summed E-state index contributed by atoms with van der Waals surface area (Å²) in [6.45, 7) is 6.83. The summed E-state index contributed by atoms with van der Waals surface area (Å²) in [7, 11) is -1.17. The number of benzene rings is 2. The fraction of sp³-hybridized carbons (Fsp3) is 0.318. The second kappa shape index (κ2) is 7.89. The molecule has 2 aromatic carbocycles. The maximum Gasteiger partial charge on any atom is 0.226 e. The molecular weight excluding hydrogens is 372 g/mol. The highest BCUT2D eigenvalue weighted by atomic mass is 32.2. The second-order valence-corrected chi connectivity index (χ2v) is 9.41. The highest BCUT2D eigenvalue weighted by Gasteiger charge is 2.16. The number of aryl methyl sites for hydroxylation is 2. The van der Waals surface area contributed by atoms with E-state index < -0.39 is 9.84 Å². The Balaban J connectivity index is 1.72. The molecular formula is C22H26N2O3S. The van der Waals surface area contributed by atoms with Gasteiger partial charge in [0.15, 0.2) is 9.84 Å². The summed E-state index contributed by atoms with van der Waals surface area (Å²) >= 11 is 0. The summed E-state index contributed by atoms with van der Waals surface area (Å²) < 4.78 is 29.0. The van der Waals surface area contributed by atoms with Crippen molar-refractivity contribution < 1.29 is 12.8 Å². The molecule has 0 saturated carbocycles. The Kier molecular flexibility index (Phi) is 5.72. The van der Waals surface area contributed by atoms with Crippen molar-refractivity contribution in [1.82, 2.24) is 9.88 Å². The van der Waals surface area contributed by atoms with Crippen LogP contribution >= 0.6 is 0 Å². The molecule has 0 fully saturated rings. The van der Waals surface area contributed by atoms with Gasteiger partial charge in [0.05, 0.1) is 10.6 Å². The van der Waals surface area contributed by atoms with E-state index >= 15 is 0 Å². The predicted molar refractivity (Wildman–Crippen MR) is 111 cm³/mol. The van der Waals surface area contributed by atoms with Crippen molar-refractivity contribution in [2.45, 2.75) is 38.3 Å². The normalized spacial score (nSPS) is 13.1. The molecule has 0 amide bonds. The number of sulfone groups is 1. The Morgan fingerprint density at radius 1 is 1.11 bits per heavy atom. The van der Waals surface area contributed by atoms with Gasteiger partial charge in [-0.05, 0) is 57.1 Å². The maximum atomic E-state index is 11.6. The quantitative estimate of drug-likeness (QED) is 0.609. The molecule has 0 aliphatic carbocycles. The smallest absolute Gasteiger partial charge is 0.226 e. The van der Waals surface area contributed by atoms with Crippen LogP contribution in [-0.4, -0.2) is 31.6 Å². The molecule has 0 aliphatic rings. The van der Waals surface area contributed by atoms with Gasteiger partial charge < -0.3 is 4.42 Å². The van der Waals surface area contributed by atoms with Crippen LogP contribution in [0.1, 0.15) is 35.3 Å². The van der Waals surface area contributed by atoms with Gasteiger partial charge in [-0.2, -0.15) is 0 Å². The first-order chi connectivity index (χ1) is 13.1. The first kappa shape index (κ1) is 20.3. The van der Waals surface area contributed by atoms with Crippen molar-refractivity contribution in [2.75, 3.05) is 13.3 Å². The van der Waals surface area contributed by atoms with Crippen LogP contribution in [0.15, 0.2) is 58.0 Å². The molecule has 1 heterocycles. The fourth-order valence-corrected chi connectivity index (χ4v) is 3.83. The molecule has 0 radical (unpaired) electrons. The first-order valence-electron chi connectivity index (χ1n) is 9.17. The van der Waals surface area contributed by atoms with Gasteiger partial charge in [0.25, 0.3) is 0 Å². The van der Waals surface area contributed by atoms with Crippen LogP contribution in [-0.2, 0) is 16.4 Å². The van der Waals surface area contributed by atoms with Gasteiger partial charge in [-0.1, -0.05) is 29.8 Å². The van der Waals surface area contributed by atoms with Gasteiger partial charge in [-0.3, -0.25) is 4.90 Å². The molecule has 0 saturated heterocycles. The number of hydrogen-bond donors (Lipinski definition) is 0. The van der Waals surface area contributed by atoms with Crippen LogP contribution in [0.2, 0.25) is 0 Å². The summed E-state index contributed by atoms with van der Waals surface area (Å²) in [5.41, 5.74) is 5.26. The molecule has 28 heavy (non-hydrogen) atoms. The average molecular weight is 399 g/mol. The molecule has 0 unspecified atom stereocenters. The van der Waals surface area contributed by atoms with E-state index in [1.807, 2.05) is 25.2 Å². The summed E-state index contributed by atoms with van der Waals surface area (Å²) in [4.78, 5) is 7.13. The van der Waals surface area contributed by atoms with Gasteiger partial charge in [-0.25, -0.2) is 13.4 Å². The topological polar surface area (TPSA) is 63.4 Å². The molecule has 0 N–H and O–H groups in total. The van der Waals surface area contributed by atoms with Crippen molar-refractivity contribution in [3.8, 4) is 11.5 Å². The standard InChI is InChI=1S/C22H26N2O3S/c1-15-6-11-21(16(2)12-15)22-23-19(14-27-22)13-24(4)17(3)18-7-9-20(10-8-18)28(5,25)26/h6-12,14,17H,13H2,1-5H3/t17-/m1/s1. The lowest BCUT2D eigenvalue weighted by Gasteiger charge is -2.24. The zero-order valence-corrected chi connectivity index (χ0v) is 17.7. The molecule has 3 aromatic rings. The van der Waals surface area contributed by atoms with Crippen molar-refractivity contribution >= 4 is 9.84 Å². The van der Waals surface area contributed by atoms with Crippen LogP contribution in [0.4, 0.5) is 0 Å². The Bertz CT molecular complexity index is 1070. The van der Waals surface area contributed by atoms with Crippen molar-refractivity contribution in [3.05, 3.63) is 71.1 Å². The molecule has 148 valence electrons. The minimum absolute atomic E-state index is 0.106. The van der Waals surface area contributed by atoms with Gasteiger partial charge in [0.2, 0.25) is 5.89 Å². The molecule has 6 heteroatoms. The van der Waals surface area contributed by atoms with E-state index in [1.165, 1.54) is 11.8 Å².